The smallest absolute Gasteiger partial charge is 0.160 e. The van der Waals surface area contributed by atoms with Gasteiger partial charge in [-0.05, 0) is 25.0 Å². The molecule has 0 radical (unpaired) electrons. The summed E-state index contributed by atoms with van der Waals surface area (Å²) in [6.07, 6.45) is 2.56. The van der Waals surface area contributed by atoms with Gasteiger partial charge in [-0.15, -0.1) is 11.6 Å². The van der Waals surface area contributed by atoms with Crippen LogP contribution in [0.4, 0.5) is 0 Å². The van der Waals surface area contributed by atoms with Crippen LogP contribution in [0.3, 0.4) is 0 Å². The van der Waals surface area contributed by atoms with Gasteiger partial charge in [0.25, 0.3) is 0 Å². The van der Waals surface area contributed by atoms with Crippen molar-refractivity contribution in [1.29, 1.82) is 0 Å². The molecular formula is C16H15Cl2N3. The van der Waals surface area contributed by atoms with Crippen LogP contribution >= 0.6 is 23.2 Å². The number of halogens is 2. The second kappa shape index (κ2) is 6.04. The highest BCUT2D eigenvalue weighted by Gasteiger charge is 2.16. The number of hydrogen-bond donors (Lipinski definition) is 0. The molecule has 2 aromatic heterocycles. The van der Waals surface area contributed by atoms with Crippen molar-refractivity contribution in [2.75, 3.05) is 0 Å². The van der Waals surface area contributed by atoms with E-state index < -0.39 is 0 Å². The Morgan fingerprint density at radius 2 is 2.00 bits per heavy atom. The normalized spacial score (nSPS) is 12.7. The second-order valence-corrected chi connectivity index (χ2v) is 6.06. The summed E-state index contributed by atoms with van der Waals surface area (Å²) >= 11 is 12.2. The Hall–Kier alpha value is -1.58. The van der Waals surface area contributed by atoms with Gasteiger partial charge in [-0.3, -0.25) is 0 Å². The highest BCUT2D eigenvalue weighted by atomic mass is 35.5. The Labute approximate surface area is 133 Å². The maximum absolute atomic E-state index is 6.26. The van der Waals surface area contributed by atoms with Crippen molar-refractivity contribution in [3.05, 3.63) is 59.0 Å². The molecule has 0 spiro atoms. The predicted octanol–water partition coefficient (Wildman–Crippen LogP) is 4.63. The summed E-state index contributed by atoms with van der Waals surface area (Å²) in [7, 11) is 0. The van der Waals surface area contributed by atoms with E-state index in [-0.39, 0.29) is 5.38 Å². The van der Waals surface area contributed by atoms with Crippen molar-refractivity contribution < 1.29 is 0 Å². The van der Waals surface area contributed by atoms with Gasteiger partial charge in [0.15, 0.2) is 5.65 Å². The van der Waals surface area contributed by atoms with Crippen molar-refractivity contribution in [2.45, 2.75) is 25.3 Å². The molecule has 1 aromatic carbocycles. The molecule has 0 amide bonds. The van der Waals surface area contributed by atoms with E-state index in [1.807, 2.05) is 31.2 Å². The fourth-order valence-electron chi connectivity index (χ4n) is 2.41. The van der Waals surface area contributed by atoms with Gasteiger partial charge in [0.1, 0.15) is 11.3 Å². The largest absolute Gasteiger partial charge is 0.311 e. The van der Waals surface area contributed by atoms with Crippen molar-refractivity contribution in [3.8, 4) is 0 Å². The highest BCUT2D eigenvalue weighted by Crippen LogP contribution is 2.25. The van der Waals surface area contributed by atoms with Gasteiger partial charge >= 0.3 is 0 Å². The number of alkyl halides is 1. The molecule has 3 rings (SSSR count). The van der Waals surface area contributed by atoms with Gasteiger partial charge in [-0.1, -0.05) is 41.9 Å². The molecule has 3 nitrogen and oxygen atoms in total. The maximum atomic E-state index is 6.26. The van der Waals surface area contributed by atoms with Gasteiger partial charge in [-0.2, -0.15) is 0 Å². The molecule has 1 unspecified atom stereocenters. The summed E-state index contributed by atoms with van der Waals surface area (Å²) < 4.78 is 2.08. The number of rotatable bonds is 4. The molecule has 0 aliphatic carbocycles. The third-order valence-electron chi connectivity index (χ3n) is 3.40. The number of imidazole rings is 1. The monoisotopic (exact) mass is 319 g/mol. The lowest BCUT2D eigenvalue weighted by Crippen LogP contribution is -2.07. The summed E-state index contributed by atoms with van der Waals surface area (Å²) in [5, 5.41) is 0.415. The SMILES string of the molecule is CC(Cl)c1nc2cc(Cl)cnc2n1CCc1ccccc1. The third kappa shape index (κ3) is 3.04. The van der Waals surface area contributed by atoms with Crippen LogP contribution in [0.1, 0.15) is 23.7 Å². The van der Waals surface area contributed by atoms with Crippen molar-refractivity contribution in [2.24, 2.45) is 0 Å². The van der Waals surface area contributed by atoms with Crippen molar-refractivity contribution in [1.82, 2.24) is 14.5 Å². The summed E-state index contributed by atoms with van der Waals surface area (Å²) in [5.74, 6) is 0.831. The number of fused-ring (bicyclic) bond motifs is 1. The summed E-state index contributed by atoms with van der Waals surface area (Å²) in [6.45, 7) is 2.71. The minimum atomic E-state index is -0.172. The number of hydrogen-bond acceptors (Lipinski definition) is 2. The van der Waals surface area contributed by atoms with Crippen LogP contribution in [0.2, 0.25) is 5.02 Å². The van der Waals surface area contributed by atoms with Gasteiger partial charge < -0.3 is 4.57 Å². The number of nitrogens with zero attached hydrogens (tertiary/aromatic N) is 3. The van der Waals surface area contributed by atoms with E-state index in [0.29, 0.717) is 5.02 Å². The Morgan fingerprint density at radius 3 is 2.71 bits per heavy atom. The Morgan fingerprint density at radius 1 is 1.24 bits per heavy atom. The summed E-state index contributed by atoms with van der Waals surface area (Å²) in [5.41, 5.74) is 2.90. The Balaban J connectivity index is 1.97. The van der Waals surface area contributed by atoms with Crippen LogP contribution in [-0.4, -0.2) is 14.5 Å². The first-order valence-electron chi connectivity index (χ1n) is 6.85. The average Bonchev–Trinajstić information content (AvgIpc) is 2.84. The van der Waals surface area contributed by atoms with Crippen molar-refractivity contribution >= 4 is 34.4 Å². The zero-order valence-electron chi connectivity index (χ0n) is 11.6. The first kappa shape index (κ1) is 14.4. The first-order valence-corrected chi connectivity index (χ1v) is 7.66. The topological polar surface area (TPSA) is 30.7 Å². The molecule has 21 heavy (non-hydrogen) atoms. The van der Waals surface area contributed by atoms with Crippen LogP contribution in [0, 0.1) is 0 Å². The van der Waals surface area contributed by atoms with Gasteiger partial charge in [0.05, 0.1) is 10.4 Å². The Kier molecular flexibility index (Phi) is 4.13. The highest BCUT2D eigenvalue weighted by molar-refractivity contribution is 6.31. The van der Waals surface area contributed by atoms with Crippen LogP contribution in [0.15, 0.2) is 42.6 Å². The van der Waals surface area contributed by atoms with Crippen LogP contribution in [-0.2, 0) is 13.0 Å². The number of aromatic nitrogens is 3. The molecule has 2 heterocycles. The minimum absolute atomic E-state index is 0.172. The molecule has 0 fully saturated rings. The fraction of sp³-hybridized carbons (Fsp3) is 0.250. The van der Waals surface area contributed by atoms with E-state index in [2.05, 4.69) is 26.7 Å². The number of aryl methyl sites for hydroxylation is 2. The van der Waals surface area contributed by atoms with E-state index in [9.17, 15) is 0 Å². The summed E-state index contributed by atoms with van der Waals surface area (Å²) in [4.78, 5) is 8.98. The molecule has 5 heteroatoms. The molecule has 0 N–H and O–H groups in total. The molecule has 108 valence electrons. The summed E-state index contributed by atoms with van der Waals surface area (Å²) in [6, 6.07) is 12.2. The lowest BCUT2D eigenvalue weighted by molar-refractivity contribution is 0.663. The van der Waals surface area contributed by atoms with E-state index in [1.54, 1.807) is 6.20 Å². The molecule has 0 bridgehead atoms. The lowest BCUT2D eigenvalue weighted by Gasteiger charge is -2.10. The first-order chi connectivity index (χ1) is 10.1. The molecular weight excluding hydrogens is 305 g/mol. The molecule has 3 aromatic rings. The van der Waals surface area contributed by atoms with E-state index in [4.69, 9.17) is 23.2 Å². The number of pyridine rings is 1. The Bertz CT molecular complexity index is 751. The van der Waals surface area contributed by atoms with E-state index in [0.717, 1.165) is 30.0 Å². The van der Waals surface area contributed by atoms with Crippen molar-refractivity contribution in [3.63, 3.8) is 0 Å². The number of benzene rings is 1. The molecule has 0 saturated carbocycles. The third-order valence-corrected chi connectivity index (χ3v) is 3.81. The molecule has 0 aliphatic rings. The molecule has 0 aliphatic heterocycles. The maximum Gasteiger partial charge on any atom is 0.160 e. The zero-order valence-corrected chi connectivity index (χ0v) is 13.1. The average molecular weight is 320 g/mol. The van der Waals surface area contributed by atoms with Crippen LogP contribution in [0.25, 0.3) is 11.2 Å². The van der Waals surface area contributed by atoms with Gasteiger partial charge in [0.2, 0.25) is 0 Å². The quantitative estimate of drug-likeness (QED) is 0.656. The standard InChI is InChI=1S/C16H15Cl2N3/c1-11(17)15-20-14-9-13(18)10-19-16(14)21(15)8-7-12-5-3-2-4-6-12/h2-6,9-11H,7-8H2,1H3. The fourth-order valence-corrected chi connectivity index (χ4v) is 2.73. The van der Waals surface area contributed by atoms with Crippen LogP contribution < -0.4 is 0 Å². The zero-order chi connectivity index (χ0) is 14.8. The van der Waals surface area contributed by atoms with Gasteiger partial charge in [-0.25, -0.2) is 9.97 Å². The lowest BCUT2D eigenvalue weighted by atomic mass is 10.1. The van der Waals surface area contributed by atoms with E-state index in [1.165, 1.54) is 5.56 Å². The van der Waals surface area contributed by atoms with Crippen LogP contribution in [0.5, 0.6) is 0 Å². The second-order valence-electron chi connectivity index (χ2n) is 4.97. The molecule has 1 atom stereocenters. The predicted molar refractivity (Wildman–Crippen MR) is 87.0 cm³/mol. The van der Waals surface area contributed by atoms with E-state index >= 15 is 0 Å². The molecule has 0 saturated heterocycles. The van der Waals surface area contributed by atoms with Gasteiger partial charge in [0, 0.05) is 12.7 Å². The minimum Gasteiger partial charge on any atom is -0.311 e.